The summed E-state index contributed by atoms with van der Waals surface area (Å²) in [6, 6.07) is 6.17. The van der Waals surface area contributed by atoms with E-state index in [9.17, 15) is 0 Å². The van der Waals surface area contributed by atoms with Gasteiger partial charge in [0.25, 0.3) is 0 Å². The van der Waals surface area contributed by atoms with Crippen LogP contribution in [0.2, 0.25) is 0 Å². The summed E-state index contributed by atoms with van der Waals surface area (Å²) in [4.78, 5) is 0. The van der Waals surface area contributed by atoms with E-state index in [1.165, 1.54) is 5.56 Å². The van der Waals surface area contributed by atoms with Gasteiger partial charge in [0.2, 0.25) is 0 Å². The number of aromatic amines is 1. The lowest BCUT2D eigenvalue weighted by Gasteiger charge is -2.23. The van der Waals surface area contributed by atoms with Crippen LogP contribution in [0.1, 0.15) is 31.9 Å². The molecule has 3 N–H and O–H groups in total. The zero-order valence-electron chi connectivity index (χ0n) is 10.8. The van der Waals surface area contributed by atoms with E-state index in [1.807, 2.05) is 12.3 Å². The van der Waals surface area contributed by atoms with Gasteiger partial charge < -0.3 is 5.73 Å². The van der Waals surface area contributed by atoms with Crippen molar-refractivity contribution in [2.75, 3.05) is 5.73 Å². The molecule has 0 unspecified atom stereocenters. The number of hydrogen-bond donors (Lipinski definition) is 2. The highest BCUT2D eigenvalue weighted by Gasteiger charge is 2.20. The van der Waals surface area contributed by atoms with E-state index < -0.39 is 0 Å². The molecule has 0 spiro atoms. The lowest BCUT2D eigenvalue weighted by Crippen LogP contribution is -2.15. The van der Waals surface area contributed by atoms with Crippen molar-refractivity contribution in [2.24, 2.45) is 0 Å². The van der Waals surface area contributed by atoms with Crippen LogP contribution in [-0.4, -0.2) is 10.2 Å². The minimum atomic E-state index is 0.0445. The smallest absolute Gasteiger partial charge is 0.0944 e. The predicted octanol–water partition coefficient (Wildman–Crippen LogP) is 3.26. The summed E-state index contributed by atoms with van der Waals surface area (Å²) >= 11 is 0. The van der Waals surface area contributed by atoms with E-state index >= 15 is 0 Å². The maximum Gasteiger partial charge on any atom is 0.0944 e. The molecule has 3 heteroatoms. The van der Waals surface area contributed by atoms with E-state index in [0.29, 0.717) is 0 Å². The fourth-order valence-electron chi connectivity index (χ4n) is 2.12. The molecule has 1 aromatic carbocycles. The molecule has 17 heavy (non-hydrogen) atoms. The molecule has 90 valence electrons. The molecular formula is C14H19N3. The van der Waals surface area contributed by atoms with Crippen molar-refractivity contribution in [2.45, 2.75) is 33.1 Å². The lowest BCUT2D eigenvalue weighted by molar-refractivity contribution is 0.592. The summed E-state index contributed by atoms with van der Waals surface area (Å²) in [5, 5.41) is 7.06. The van der Waals surface area contributed by atoms with Gasteiger partial charge in [0.15, 0.2) is 0 Å². The molecule has 2 aromatic rings. The molecule has 0 fully saturated rings. The van der Waals surface area contributed by atoms with Crippen molar-refractivity contribution in [3.05, 3.63) is 35.5 Å². The standard InChI is InChI=1S/C14H19N3/c1-9-5-6-10(14(2,3)4)13(15)12(9)11-7-8-16-17-11/h5-8H,15H2,1-4H3,(H,16,17). The summed E-state index contributed by atoms with van der Waals surface area (Å²) in [6.45, 7) is 8.57. The van der Waals surface area contributed by atoms with E-state index in [0.717, 1.165) is 22.5 Å². The van der Waals surface area contributed by atoms with Crippen LogP contribution in [0, 0.1) is 6.92 Å². The molecule has 0 saturated carbocycles. The van der Waals surface area contributed by atoms with Gasteiger partial charge in [-0.25, -0.2) is 0 Å². The molecule has 2 rings (SSSR count). The van der Waals surface area contributed by atoms with Gasteiger partial charge in [0.05, 0.1) is 5.69 Å². The van der Waals surface area contributed by atoms with Gasteiger partial charge in [-0.1, -0.05) is 32.9 Å². The van der Waals surface area contributed by atoms with Gasteiger partial charge in [0, 0.05) is 17.4 Å². The van der Waals surface area contributed by atoms with E-state index in [2.05, 4.69) is 50.0 Å². The minimum absolute atomic E-state index is 0.0445. The Morgan fingerprint density at radius 3 is 2.41 bits per heavy atom. The lowest BCUT2D eigenvalue weighted by atomic mass is 9.83. The third-order valence-corrected chi connectivity index (χ3v) is 3.02. The maximum atomic E-state index is 6.31. The molecule has 3 nitrogen and oxygen atoms in total. The fraction of sp³-hybridized carbons (Fsp3) is 0.357. The highest BCUT2D eigenvalue weighted by atomic mass is 15.1. The molecule has 0 saturated heterocycles. The summed E-state index contributed by atoms with van der Waals surface area (Å²) < 4.78 is 0. The van der Waals surface area contributed by atoms with Gasteiger partial charge in [0.1, 0.15) is 0 Å². The first kappa shape index (κ1) is 11.7. The van der Waals surface area contributed by atoms with Crippen molar-refractivity contribution < 1.29 is 0 Å². The van der Waals surface area contributed by atoms with Gasteiger partial charge in [-0.05, 0) is 29.5 Å². The Balaban J connectivity index is 2.68. The molecule has 0 aliphatic rings. The Morgan fingerprint density at radius 2 is 1.88 bits per heavy atom. The second-order valence-corrected chi connectivity index (χ2v) is 5.43. The monoisotopic (exact) mass is 229 g/mol. The highest BCUT2D eigenvalue weighted by Crippen LogP contribution is 2.36. The normalized spacial score (nSPS) is 11.8. The van der Waals surface area contributed by atoms with Crippen molar-refractivity contribution >= 4 is 5.69 Å². The minimum Gasteiger partial charge on any atom is -0.398 e. The van der Waals surface area contributed by atoms with Crippen molar-refractivity contribution in [1.29, 1.82) is 0 Å². The Kier molecular flexibility index (Phi) is 2.69. The Morgan fingerprint density at radius 1 is 1.18 bits per heavy atom. The van der Waals surface area contributed by atoms with Crippen LogP contribution in [-0.2, 0) is 5.41 Å². The molecule has 1 heterocycles. The van der Waals surface area contributed by atoms with E-state index in [4.69, 9.17) is 5.73 Å². The van der Waals surface area contributed by atoms with E-state index in [1.54, 1.807) is 0 Å². The van der Waals surface area contributed by atoms with Crippen LogP contribution in [0.25, 0.3) is 11.3 Å². The van der Waals surface area contributed by atoms with Crippen molar-refractivity contribution in [3.63, 3.8) is 0 Å². The number of rotatable bonds is 1. The first-order chi connectivity index (χ1) is 7.91. The number of nitrogens with two attached hydrogens (primary N) is 1. The quantitative estimate of drug-likeness (QED) is 0.737. The average molecular weight is 229 g/mol. The SMILES string of the molecule is Cc1ccc(C(C)(C)C)c(N)c1-c1cc[nH]n1. The van der Waals surface area contributed by atoms with Crippen LogP contribution >= 0.6 is 0 Å². The van der Waals surface area contributed by atoms with Crippen LogP contribution < -0.4 is 5.73 Å². The van der Waals surface area contributed by atoms with Crippen LogP contribution in [0.3, 0.4) is 0 Å². The molecular weight excluding hydrogens is 210 g/mol. The third kappa shape index (κ3) is 2.05. The molecule has 0 bridgehead atoms. The van der Waals surface area contributed by atoms with Gasteiger partial charge in [-0.3, -0.25) is 5.10 Å². The number of anilines is 1. The number of aryl methyl sites for hydroxylation is 1. The van der Waals surface area contributed by atoms with E-state index in [-0.39, 0.29) is 5.41 Å². The summed E-state index contributed by atoms with van der Waals surface area (Å²) in [7, 11) is 0. The number of nitrogens with one attached hydrogen (secondary N) is 1. The summed E-state index contributed by atoms with van der Waals surface area (Å²) in [6.07, 6.45) is 1.82. The summed E-state index contributed by atoms with van der Waals surface area (Å²) in [5.41, 5.74) is 11.5. The molecule has 0 aliphatic carbocycles. The number of nitrogen functional groups attached to an aromatic ring is 1. The second-order valence-electron chi connectivity index (χ2n) is 5.43. The Hall–Kier alpha value is -1.77. The molecule has 0 atom stereocenters. The molecule has 0 aliphatic heterocycles. The van der Waals surface area contributed by atoms with Gasteiger partial charge in [-0.2, -0.15) is 5.10 Å². The molecule has 0 radical (unpaired) electrons. The average Bonchev–Trinajstić information content (AvgIpc) is 2.68. The van der Waals surface area contributed by atoms with Gasteiger partial charge in [-0.15, -0.1) is 0 Å². The molecule has 1 aromatic heterocycles. The zero-order valence-corrected chi connectivity index (χ0v) is 10.8. The largest absolute Gasteiger partial charge is 0.398 e. The van der Waals surface area contributed by atoms with Crippen molar-refractivity contribution in [3.8, 4) is 11.3 Å². The number of hydrogen-bond acceptors (Lipinski definition) is 2. The highest BCUT2D eigenvalue weighted by molar-refractivity contribution is 5.79. The first-order valence-electron chi connectivity index (χ1n) is 5.81. The van der Waals surface area contributed by atoms with Crippen LogP contribution in [0.4, 0.5) is 5.69 Å². The number of benzene rings is 1. The van der Waals surface area contributed by atoms with Crippen LogP contribution in [0.15, 0.2) is 24.4 Å². The van der Waals surface area contributed by atoms with Gasteiger partial charge >= 0.3 is 0 Å². The zero-order chi connectivity index (χ0) is 12.6. The number of H-pyrrole nitrogens is 1. The third-order valence-electron chi connectivity index (χ3n) is 3.02. The van der Waals surface area contributed by atoms with Crippen molar-refractivity contribution in [1.82, 2.24) is 10.2 Å². The van der Waals surface area contributed by atoms with Crippen LogP contribution in [0.5, 0.6) is 0 Å². The number of nitrogens with zero attached hydrogens (tertiary/aromatic N) is 1. The second kappa shape index (κ2) is 3.91. The summed E-state index contributed by atoms with van der Waals surface area (Å²) in [5.74, 6) is 0. The fourth-order valence-corrected chi connectivity index (χ4v) is 2.12. The molecule has 0 amide bonds. The maximum absolute atomic E-state index is 6.31. The predicted molar refractivity (Wildman–Crippen MR) is 71.9 cm³/mol. The Labute approximate surface area is 102 Å². The first-order valence-corrected chi connectivity index (χ1v) is 5.81. The topological polar surface area (TPSA) is 54.7 Å². The Bertz CT molecular complexity index is 519. The number of aromatic nitrogens is 2.